The van der Waals surface area contributed by atoms with E-state index >= 15 is 0 Å². The first-order valence-electron chi connectivity index (χ1n) is 8.69. The number of rotatable bonds is 7. The number of aromatic nitrogens is 3. The molecule has 0 saturated carbocycles. The van der Waals surface area contributed by atoms with Crippen molar-refractivity contribution in [3.8, 4) is 17.2 Å². The molecule has 0 radical (unpaired) electrons. The van der Waals surface area contributed by atoms with Crippen molar-refractivity contribution in [3.63, 3.8) is 0 Å². The van der Waals surface area contributed by atoms with E-state index in [1.807, 2.05) is 42.5 Å². The van der Waals surface area contributed by atoms with Crippen LogP contribution in [0.2, 0.25) is 0 Å². The fourth-order valence-electron chi connectivity index (χ4n) is 2.74. The fourth-order valence-corrected chi connectivity index (χ4v) is 2.74. The van der Waals surface area contributed by atoms with E-state index in [0.717, 1.165) is 43.1 Å². The summed E-state index contributed by atoms with van der Waals surface area (Å²) in [6, 6.07) is 13.3. The minimum atomic E-state index is 0.252. The quantitative estimate of drug-likeness (QED) is 0.698. The molecule has 134 valence electrons. The van der Waals surface area contributed by atoms with Crippen LogP contribution in [0.1, 0.15) is 18.7 Å². The number of nitrogens with zero attached hydrogens (tertiary/aromatic N) is 3. The van der Waals surface area contributed by atoms with E-state index in [1.165, 1.54) is 0 Å². The molecule has 0 bridgehead atoms. The van der Waals surface area contributed by atoms with Crippen LogP contribution in [0.5, 0.6) is 5.75 Å². The first-order chi connectivity index (χ1) is 12.9. The number of ether oxygens (including phenoxy) is 2. The maximum atomic E-state index is 5.62. The molecule has 1 aliphatic heterocycles. The molecule has 7 nitrogen and oxygen atoms in total. The summed E-state index contributed by atoms with van der Waals surface area (Å²) in [5.74, 6) is 2.48. The average molecular weight is 352 g/mol. The zero-order chi connectivity index (χ0) is 17.6. The van der Waals surface area contributed by atoms with Gasteiger partial charge >= 0.3 is 0 Å². The number of benzene rings is 1. The molecule has 3 heterocycles. The Bertz CT molecular complexity index is 814. The molecule has 0 amide bonds. The average Bonchev–Trinajstić information content (AvgIpc) is 3.38. The largest absolute Gasteiger partial charge is 0.485 e. The standard InChI is InChI=1S/C19H20N4O3/c1-2-5-15(6-3-1)25-13-18-22-19(26-23-18)14-8-9-17(20-11-14)21-12-16-7-4-10-24-16/h1-3,5-6,8-9,11,16H,4,7,10,12-13H2,(H,20,21)/t16-/m1/s1. The summed E-state index contributed by atoms with van der Waals surface area (Å²) >= 11 is 0. The van der Waals surface area contributed by atoms with E-state index < -0.39 is 0 Å². The highest BCUT2D eigenvalue weighted by molar-refractivity contribution is 5.54. The van der Waals surface area contributed by atoms with Gasteiger partial charge in [-0.25, -0.2) is 4.98 Å². The Morgan fingerprint density at radius 1 is 1.15 bits per heavy atom. The third-order valence-corrected chi connectivity index (χ3v) is 4.12. The molecular weight excluding hydrogens is 332 g/mol. The van der Waals surface area contributed by atoms with Crippen LogP contribution in [0.4, 0.5) is 5.82 Å². The highest BCUT2D eigenvalue weighted by Gasteiger charge is 2.15. The summed E-state index contributed by atoms with van der Waals surface area (Å²) in [6.45, 7) is 1.88. The van der Waals surface area contributed by atoms with Crippen LogP contribution in [0.25, 0.3) is 11.5 Å². The lowest BCUT2D eigenvalue weighted by Gasteiger charge is -2.11. The summed E-state index contributed by atoms with van der Waals surface area (Å²) in [6.07, 6.45) is 4.22. The molecule has 3 aromatic rings. The van der Waals surface area contributed by atoms with Crippen molar-refractivity contribution in [2.75, 3.05) is 18.5 Å². The molecule has 1 N–H and O–H groups in total. The molecule has 1 atom stereocenters. The van der Waals surface area contributed by atoms with Crippen molar-refractivity contribution in [2.24, 2.45) is 0 Å². The van der Waals surface area contributed by atoms with Gasteiger partial charge < -0.3 is 19.3 Å². The molecule has 7 heteroatoms. The van der Waals surface area contributed by atoms with Crippen molar-refractivity contribution in [3.05, 3.63) is 54.5 Å². The Morgan fingerprint density at radius 3 is 2.85 bits per heavy atom. The molecule has 1 saturated heterocycles. The third kappa shape index (κ3) is 4.18. The van der Waals surface area contributed by atoms with Crippen LogP contribution in [0, 0.1) is 0 Å². The molecule has 26 heavy (non-hydrogen) atoms. The minimum Gasteiger partial charge on any atom is -0.485 e. The van der Waals surface area contributed by atoms with Gasteiger partial charge in [0.05, 0.1) is 11.7 Å². The number of hydrogen-bond donors (Lipinski definition) is 1. The Balaban J connectivity index is 1.33. The molecule has 2 aromatic heterocycles. The van der Waals surface area contributed by atoms with Crippen LogP contribution in [-0.4, -0.2) is 34.4 Å². The summed E-state index contributed by atoms with van der Waals surface area (Å²) < 4.78 is 16.5. The smallest absolute Gasteiger partial charge is 0.259 e. The molecule has 1 fully saturated rings. The van der Waals surface area contributed by atoms with Gasteiger partial charge in [-0.05, 0) is 37.1 Å². The Hall–Kier alpha value is -2.93. The second kappa shape index (κ2) is 7.97. The summed E-state index contributed by atoms with van der Waals surface area (Å²) in [5, 5.41) is 7.23. The van der Waals surface area contributed by atoms with Gasteiger partial charge in [-0.15, -0.1) is 0 Å². The molecule has 4 rings (SSSR count). The van der Waals surface area contributed by atoms with Crippen molar-refractivity contribution >= 4 is 5.82 Å². The Kier molecular flexibility index (Phi) is 5.07. The van der Waals surface area contributed by atoms with Gasteiger partial charge in [0.25, 0.3) is 5.89 Å². The predicted octanol–water partition coefficient (Wildman–Crippen LogP) is 3.30. The van der Waals surface area contributed by atoms with Crippen LogP contribution >= 0.6 is 0 Å². The predicted molar refractivity (Wildman–Crippen MR) is 95.8 cm³/mol. The summed E-state index contributed by atoms with van der Waals surface area (Å²) in [5.41, 5.74) is 0.770. The molecule has 0 unspecified atom stereocenters. The maximum Gasteiger partial charge on any atom is 0.259 e. The topological polar surface area (TPSA) is 82.3 Å². The lowest BCUT2D eigenvalue weighted by atomic mass is 10.2. The van der Waals surface area contributed by atoms with E-state index in [2.05, 4.69) is 20.4 Å². The van der Waals surface area contributed by atoms with Gasteiger partial charge in [-0.2, -0.15) is 4.98 Å². The number of hydrogen-bond acceptors (Lipinski definition) is 7. The highest BCUT2D eigenvalue weighted by atomic mass is 16.5. The maximum absolute atomic E-state index is 5.62. The van der Waals surface area contributed by atoms with Crippen molar-refractivity contribution in [1.82, 2.24) is 15.1 Å². The van der Waals surface area contributed by atoms with Gasteiger partial charge in [0.2, 0.25) is 5.82 Å². The number of nitrogens with one attached hydrogen (secondary N) is 1. The molecule has 0 aliphatic carbocycles. The zero-order valence-corrected chi connectivity index (χ0v) is 14.3. The highest BCUT2D eigenvalue weighted by Crippen LogP contribution is 2.19. The monoisotopic (exact) mass is 352 g/mol. The Labute approximate surface area is 151 Å². The van der Waals surface area contributed by atoms with E-state index in [0.29, 0.717) is 11.7 Å². The third-order valence-electron chi connectivity index (χ3n) is 4.12. The van der Waals surface area contributed by atoms with Gasteiger partial charge in [0, 0.05) is 19.3 Å². The van der Waals surface area contributed by atoms with E-state index in [-0.39, 0.29) is 12.7 Å². The number of para-hydroxylation sites is 1. The van der Waals surface area contributed by atoms with Crippen LogP contribution in [0.15, 0.2) is 53.2 Å². The molecule has 1 aromatic carbocycles. The molecule has 1 aliphatic rings. The minimum absolute atomic E-state index is 0.252. The fraction of sp³-hybridized carbons (Fsp3) is 0.316. The summed E-state index contributed by atoms with van der Waals surface area (Å²) in [4.78, 5) is 8.74. The second-order valence-corrected chi connectivity index (χ2v) is 6.07. The second-order valence-electron chi connectivity index (χ2n) is 6.07. The molecular formula is C19H20N4O3. The number of pyridine rings is 1. The summed E-state index contributed by atoms with van der Waals surface area (Å²) in [7, 11) is 0. The van der Waals surface area contributed by atoms with Crippen molar-refractivity contribution < 1.29 is 14.0 Å². The zero-order valence-electron chi connectivity index (χ0n) is 14.3. The lowest BCUT2D eigenvalue weighted by Crippen LogP contribution is -2.18. The van der Waals surface area contributed by atoms with Crippen LogP contribution < -0.4 is 10.1 Å². The van der Waals surface area contributed by atoms with Gasteiger partial charge in [-0.3, -0.25) is 0 Å². The number of anilines is 1. The van der Waals surface area contributed by atoms with Crippen LogP contribution in [-0.2, 0) is 11.3 Å². The van der Waals surface area contributed by atoms with E-state index in [9.17, 15) is 0 Å². The van der Waals surface area contributed by atoms with Gasteiger partial charge in [0.1, 0.15) is 11.6 Å². The first kappa shape index (κ1) is 16.5. The first-order valence-corrected chi connectivity index (χ1v) is 8.69. The molecule has 0 spiro atoms. The lowest BCUT2D eigenvalue weighted by molar-refractivity contribution is 0.120. The SMILES string of the molecule is c1ccc(OCc2noc(-c3ccc(NC[C@H]4CCCO4)nc3)n2)cc1. The normalized spacial score (nSPS) is 16.5. The van der Waals surface area contributed by atoms with Crippen molar-refractivity contribution in [1.29, 1.82) is 0 Å². The van der Waals surface area contributed by atoms with E-state index in [4.69, 9.17) is 14.0 Å². The van der Waals surface area contributed by atoms with E-state index in [1.54, 1.807) is 6.20 Å². The van der Waals surface area contributed by atoms with Crippen LogP contribution in [0.3, 0.4) is 0 Å². The Morgan fingerprint density at radius 2 is 2.08 bits per heavy atom. The van der Waals surface area contributed by atoms with Gasteiger partial charge in [0.15, 0.2) is 6.61 Å². The van der Waals surface area contributed by atoms with Gasteiger partial charge in [-0.1, -0.05) is 23.4 Å². The van der Waals surface area contributed by atoms with Crippen molar-refractivity contribution in [2.45, 2.75) is 25.6 Å².